The highest BCUT2D eigenvalue weighted by atomic mass is 32.2. The van der Waals surface area contributed by atoms with E-state index in [1.807, 2.05) is 6.07 Å². The second kappa shape index (κ2) is 12.1. The third-order valence-electron chi connectivity index (χ3n) is 7.89. The van der Waals surface area contributed by atoms with Crippen molar-refractivity contribution in [1.29, 1.82) is 0 Å². The number of alkyl halides is 3. The summed E-state index contributed by atoms with van der Waals surface area (Å²) < 4.78 is 82.0. The number of hydrogen-bond donors (Lipinski definition) is 2. The first kappa shape index (κ1) is 30.2. The Kier molecular flexibility index (Phi) is 8.73. The summed E-state index contributed by atoms with van der Waals surface area (Å²) in [5, 5.41) is 3.02. The van der Waals surface area contributed by atoms with Gasteiger partial charge in [0.15, 0.2) is 0 Å². The minimum atomic E-state index is -4.73. The number of hydrogen-bond acceptors (Lipinski definition) is 4. The van der Waals surface area contributed by atoms with Crippen LogP contribution in [0.25, 0.3) is 0 Å². The minimum absolute atomic E-state index is 0.259. The number of carbonyl (C=O) groups is 1. The van der Waals surface area contributed by atoms with Crippen LogP contribution in [0.4, 0.5) is 17.6 Å². The molecule has 2 aliphatic carbocycles. The summed E-state index contributed by atoms with van der Waals surface area (Å²) in [5.41, 5.74) is 2.61. The van der Waals surface area contributed by atoms with Gasteiger partial charge in [-0.25, -0.2) is 17.5 Å². The predicted molar refractivity (Wildman–Crippen MR) is 150 cm³/mol. The van der Waals surface area contributed by atoms with E-state index in [9.17, 15) is 30.8 Å². The van der Waals surface area contributed by atoms with E-state index in [0.29, 0.717) is 17.7 Å². The van der Waals surface area contributed by atoms with Gasteiger partial charge in [0.25, 0.3) is 0 Å². The van der Waals surface area contributed by atoms with E-state index in [1.165, 1.54) is 36.1 Å². The molecule has 224 valence electrons. The lowest BCUT2D eigenvalue weighted by atomic mass is 9.86. The molecule has 0 radical (unpaired) electrons. The number of halogens is 4. The molecule has 3 aromatic carbocycles. The highest BCUT2D eigenvalue weighted by Crippen LogP contribution is 2.33. The molecule has 2 aliphatic rings. The number of rotatable bonds is 10. The summed E-state index contributed by atoms with van der Waals surface area (Å²) in [6.45, 7) is 0.861. The van der Waals surface area contributed by atoms with E-state index >= 15 is 0 Å². The van der Waals surface area contributed by atoms with E-state index in [0.717, 1.165) is 61.7 Å². The first-order chi connectivity index (χ1) is 19.9. The lowest BCUT2D eigenvalue weighted by molar-refractivity contribution is -0.137. The Morgan fingerprint density at radius 2 is 1.76 bits per heavy atom. The van der Waals surface area contributed by atoms with Gasteiger partial charge in [-0.15, -0.1) is 0 Å². The van der Waals surface area contributed by atoms with Crippen molar-refractivity contribution >= 4 is 15.9 Å². The van der Waals surface area contributed by atoms with Gasteiger partial charge in [0.2, 0.25) is 15.9 Å². The average Bonchev–Trinajstić information content (AvgIpc) is 3.79. The number of sulfonamides is 1. The Morgan fingerprint density at radius 3 is 2.45 bits per heavy atom. The van der Waals surface area contributed by atoms with Crippen LogP contribution < -0.4 is 10.0 Å². The highest BCUT2D eigenvalue weighted by Gasteiger charge is 2.33. The minimum Gasteiger partial charge on any atom is -0.349 e. The van der Waals surface area contributed by atoms with Crippen LogP contribution in [0.15, 0.2) is 71.6 Å². The molecule has 1 fully saturated rings. The number of nitrogens with zero attached hydrogens (tertiary/aromatic N) is 1. The molecule has 6 nitrogen and oxygen atoms in total. The lowest BCUT2D eigenvalue weighted by Gasteiger charge is -2.28. The standard InChI is InChI=1S/C31H33F4N3O3S/c1-38(25-13-14-25)19-20-8-15-27-22(16-20)4-2-7-28(27)36-30(39)18-29(21-9-11-24(32)12-10-21)37-42(40,41)26-6-3-5-23(17-26)31(33,34)35/h3,5-6,8-12,15-17,25,28-29,37H,2,4,7,13-14,18-19H2,1H3,(H,36,39). The number of benzene rings is 3. The van der Waals surface area contributed by atoms with Gasteiger partial charge in [-0.2, -0.15) is 13.2 Å². The van der Waals surface area contributed by atoms with E-state index in [2.05, 4.69) is 34.1 Å². The normalized spacial score (nSPS) is 18.0. The van der Waals surface area contributed by atoms with Crippen molar-refractivity contribution < 1.29 is 30.8 Å². The zero-order chi connectivity index (χ0) is 30.1. The number of carbonyl (C=O) groups excluding carboxylic acids is 1. The van der Waals surface area contributed by atoms with Gasteiger partial charge in [0.1, 0.15) is 5.82 Å². The zero-order valence-electron chi connectivity index (χ0n) is 23.1. The molecule has 5 rings (SSSR count). The molecule has 1 amide bonds. The van der Waals surface area contributed by atoms with Crippen LogP contribution in [0.1, 0.15) is 72.0 Å². The van der Waals surface area contributed by atoms with E-state index in [-0.39, 0.29) is 12.5 Å². The molecule has 2 N–H and O–H groups in total. The summed E-state index contributed by atoms with van der Waals surface area (Å²) in [5.74, 6) is -0.990. The smallest absolute Gasteiger partial charge is 0.349 e. The first-order valence-corrected chi connectivity index (χ1v) is 15.4. The maximum atomic E-state index is 13.6. The lowest BCUT2D eigenvalue weighted by Crippen LogP contribution is -2.36. The monoisotopic (exact) mass is 603 g/mol. The Hall–Kier alpha value is -3.28. The second-order valence-corrected chi connectivity index (χ2v) is 12.9. The Balaban J connectivity index is 1.33. The fraction of sp³-hybridized carbons (Fsp3) is 0.387. The molecular weight excluding hydrogens is 570 g/mol. The van der Waals surface area contributed by atoms with Crippen LogP contribution in [0, 0.1) is 5.82 Å². The van der Waals surface area contributed by atoms with Gasteiger partial charge in [-0.3, -0.25) is 9.69 Å². The quantitative estimate of drug-likeness (QED) is 0.277. The first-order valence-electron chi connectivity index (χ1n) is 14.0. The van der Waals surface area contributed by atoms with Gasteiger partial charge >= 0.3 is 6.18 Å². The molecule has 0 saturated heterocycles. The fourth-order valence-electron chi connectivity index (χ4n) is 5.50. The SMILES string of the molecule is CN(Cc1ccc2c(c1)CCCC2NC(=O)CC(NS(=O)(=O)c1cccc(C(F)(F)F)c1)c1ccc(F)cc1)C1CC1. The maximum Gasteiger partial charge on any atom is 0.416 e. The van der Waals surface area contributed by atoms with Gasteiger partial charge in [-0.1, -0.05) is 36.4 Å². The van der Waals surface area contributed by atoms with Crippen LogP contribution in [0.3, 0.4) is 0 Å². The van der Waals surface area contributed by atoms with Crippen molar-refractivity contribution in [2.75, 3.05) is 7.05 Å². The molecule has 1 saturated carbocycles. The fourth-order valence-corrected chi connectivity index (χ4v) is 6.77. The largest absolute Gasteiger partial charge is 0.416 e. The molecule has 3 aromatic rings. The van der Waals surface area contributed by atoms with Crippen molar-refractivity contribution in [3.63, 3.8) is 0 Å². The Labute approximate surface area is 243 Å². The molecule has 0 heterocycles. The van der Waals surface area contributed by atoms with Gasteiger partial charge in [0.05, 0.1) is 22.5 Å². The maximum absolute atomic E-state index is 13.6. The molecule has 42 heavy (non-hydrogen) atoms. The van der Waals surface area contributed by atoms with Crippen LogP contribution >= 0.6 is 0 Å². The van der Waals surface area contributed by atoms with Crippen molar-refractivity contribution in [1.82, 2.24) is 14.9 Å². The highest BCUT2D eigenvalue weighted by molar-refractivity contribution is 7.89. The van der Waals surface area contributed by atoms with E-state index in [4.69, 9.17) is 0 Å². The van der Waals surface area contributed by atoms with Gasteiger partial charge in [-0.05, 0) is 91.7 Å². The number of aryl methyl sites for hydroxylation is 1. The summed E-state index contributed by atoms with van der Waals surface area (Å²) in [7, 11) is -2.35. The topological polar surface area (TPSA) is 78.5 Å². The molecule has 0 bridgehead atoms. The molecule has 0 aliphatic heterocycles. The van der Waals surface area contributed by atoms with Gasteiger partial charge in [0, 0.05) is 19.0 Å². The molecular formula is C31H33F4N3O3S. The number of amides is 1. The number of nitrogens with one attached hydrogen (secondary N) is 2. The van der Waals surface area contributed by atoms with Crippen molar-refractivity contribution in [2.45, 2.75) is 74.3 Å². The van der Waals surface area contributed by atoms with Crippen molar-refractivity contribution in [3.05, 3.63) is 100 Å². The van der Waals surface area contributed by atoms with Crippen LogP contribution in [0.5, 0.6) is 0 Å². The summed E-state index contributed by atoms with van der Waals surface area (Å²) >= 11 is 0. The summed E-state index contributed by atoms with van der Waals surface area (Å²) in [6, 6.07) is 13.9. The van der Waals surface area contributed by atoms with E-state index in [1.54, 1.807) is 0 Å². The van der Waals surface area contributed by atoms with Crippen LogP contribution in [-0.2, 0) is 34.0 Å². The van der Waals surface area contributed by atoms with E-state index < -0.39 is 44.4 Å². The average molecular weight is 604 g/mol. The third-order valence-corrected chi connectivity index (χ3v) is 9.36. The van der Waals surface area contributed by atoms with Crippen LogP contribution in [0.2, 0.25) is 0 Å². The van der Waals surface area contributed by atoms with Gasteiger partial charge < -0.3 is 5.32 Å². The second-order valence-electron chi connectivity index (χ2n) is 11.1. The predicted octanol–water partition coefficient (Wildman–Crippen LogP) is 6.04. The summed E-state index contributed by atoms with van der Waals surface area (Å²) in [4.78, 5) is 15.1. The Bertz CT molecular complexity index is 1540. The molecule has 0 aromatic heterocycles. The number of fused-ring (bicyclic) bond motifs is 1. The van der Waals surface area contributed by atoms with Crippen LogP contribution in [-0.4, -0.2) is 32.3 Å². The Morgan fingerprint density at radius 1 is 1.02 bits per heavy atom. The third kappa shape index (κ3) is 7.37. The van der Waals surface area contributed by atoms with Crippen molar-refractivity contribution in [2.24, 2.45) is 0 Å². The molecule has 2 unspecified atom stereocenters. The zero-order valence-corrected chi connectivity index (χ0v) is 23.9. The molecule has 2 atom stereocenters. The summed E-state index contributed by atoms with van der Waals surface area (Å²) in [6.07, 6.45) is -0.112. The van der Waals surface area contributed by atoms with Crippen molar-refractivity contribution in [3.8, 4) is 0 Å². The molecule has 11 heteroatoms. The molecule has 0 spiro atoms.